The van der Waals surface area contributed by atoms with E-state index in [4.69, 9.17) is 9.84 Å². The summed E-state index contributed by atoms with van der Waals surface area (Å²) in [7, 11) is 0. The first-order valence-corrected chi connectivity index (χ1v) is 9.01. The molecule has 1 N–H and O–H groups in total. The SMILES string of the molecule is Cc1ccc(-c2noc(C(F)(F)F)c2COc2c(F)cc(CCC(=O)O)cc2F)cc1. The summed E-state index contributed by atoms with van der Waals surface area (Å²) in [6.07, 6.45) is -5.36. The third kappa shape index (κ3) is 5.19. The van der Waals surface area contributed by atoms with Crippen LogP contribution in [0.5, 0.6) is 5.75 Å². The van der Waals surface area contributed by atoms with Crippen molar-refractivity contribution in [2.24, 2.45) is 0 Å². The summed E-state index contributed by atoms with van der Waals surface area (Å²) >= 11 is 0. The first-order chi connectivity index (χ1) is 14.6. The highest BCUT2D eigenvalue weighted by Crippen LogP contribution is 2.38. The summed E-state index contributed by atoms with van der Waals surface area (Å²) in [5.74, 6) is -5.79. The molecule has 0 unspecified atom stereocenters. The van der Waals surface area contributed by atoms with E-state index in [1.165, 1.54) is 12.1 Å². The van der Waals surface area contributed by atoms with Crippen molar-refractivity contribution < 1.29 is 41.1 Å². The normalized spacial score (nSPS) is 11.5. The minimum absolute atomic E-state index is 0.0750. The second-order valence-electron chi connectivity index (χ2n) is 6.77. The number of carboxylic acid groups (broad SMARTS) is 1. The van der Waals surface area contributed by atoms with Crippen molar-refractivity contribution in [3.05, 3.63) is 70.5 Å². The van der Waals surface area contributed by atoms with Crippen LogP contribution in [0, 0.1) is 18.6 Å². The summed E-state index contributed by atoms with van der Waals surface area (Å²) in [5.41, 5.74) is 0.587. The summed E-state index contributed by atoms with van der Waals surface area (Å²) in [6.45, 7) is 0.938. The van der Waals surface area contributed by atoms with Crippen LogP contribution in [0.3, 0.4) is 0 Å². The third-order valence-electron chi connectivity index (χ3n) is 4.42. The fourth-order valence-electron chi connectivity index (χ4n) is 2.89. The predicted octanol–water partition coefficient (Wildman–Crippen LogP) is 5.54. The second-order valence-corrected chi connectivity index (χ2v) is 6.77. The van der Waals surface area contributed by atoms with Crippen LogP contribution < -0.4 is 4.74 Å². The molecule has 1 aromatic heterocycles. The molecular weight excluding hydrogens is 425 g/mol. The smallest absolute Gasteiger partial charge is 0.452 e. The fourth-order valence-corrected chi connectivity index (χ4v) is 2.89. The Kier molecular flexibility index (Phi) is 6.28. The van der Waals surface area contributed by atoms with E-state index in [-0.39, 0.29) is 24.1 Å². The van der Waals surface area contributed by atoms with Crippen LogP contribution in [0.2, 0.25) is 0 Å². The van der Waals surface area contributed by atoms with Crippen molar-refractivity contribution in [1.29, 1.82) is 0 Å². The number of hydrogen-bond donors (Lipinski definition) is 1. The number of carbonyl (C=O) groups is 1. The fraction of sp³-hybridized carbons (Fsp3) is 0.238. The van der Waals surface area contributed by atoms with Crippen molar-refractivity contribution in [2.45, 2.75) is 32.5 Å². The summed E-state index contributed by atoms with van der Waals surface area (Å²) in [6, 6.07) is 8.15. The van der Waals surface area contributed by atoms with Crippen molar-refractivity contribution in [3.63, 3.8) is 0 Å². The molecule has 164 valence electrons. The average Bonchev–Trinajstić information content (AvgIpc) is 3.10. The van der Waals surface area contributed by atoms with Gasteiger partial charge >= 0.3 is 12.1 Å². The van der Waals surface area contributed by atoms with Crippen LogP contribution in [0.4, 0.5) is 22.0 Å². The molecule has 5 nitrogen and oxygen atoms in total. The van der Waals surface area contributed by atoms with Crippen LogP contribution in [0.15, 0.2) is 40.9 Å². The lowest BCUT2D eigenvalue weighted by Crippen LogP contribution is -2.10. The highest BCUT2D eigenvalue weighted by atomic mass is 19.4. The first kappa shape index (κ1) is 22.3. The van der Waals surface area contributed by atoms with Gasteiger partial charge in [0.15, 0.2) is 17.4 Å². The molecule has 0 atom stereocenters. The number of nitrogens with zero attached hydrogens (tertiary/aromatic N) is 1. The molecular formula is C21H16F5NO4. The van der Waals surface area contributed by atoms with E-state index in [1.54, 1.807) is 19.1 Å². The second kappa shape index (κ2) is 8.75. The number of aromatic nitrogens is 1. The Hall–Kier alpha value is -3.43. The summed E-state index contributed by atoms with van der Waals surface area (Å²) < 4.78 is 78.1. The molecule has 0 radical (unpaired) electrons. The van der Waals surface area contributed by atoms with Gasteiger partial charge in [0.05, 0.1) is 5.56 Å². The van der Waals surface area contributed by atoms with Crippen molar-refractivity contribution >= 4 is 5.97 Å². The van der Waals surface area contributed by atoms with Gasteiger partial charge in [-0.15, -0.1) is 0 Å². The molecule has 0 spiro atoms. The van der Waals surface area contributed by atoms with Crippen LogP contribution >= 0.6 is 0 Å². The monoisotopic (exact) mass is 441 g/mol. The van der Waals surface area contributed by atoms with Gasteiger partial charge in [-0.3, -0.25) is 4.79 Å². The predicted molar refractivity (Wildman–Crippen MR) is 98.3 cm³/mol. The van der Waals surface area contributed by atoms with E-state index in [9.17, 15) is 26.7 Å². The number of aliphatic carboxylic acids is 1. The zero-order valence-corrected chi connectivity index (χ0v) is 16.1. The first-order valence-electron chi connectivity index (χ1n) is 9.01. The number of halogens is 5. The molecule has 0 bridgehead atoms. The van der Waals surface area contributed by atoms with Gasteiger partial charge in [0.1, 0.15) is 12.3 Å². The maximum absolute atomic E-state index is 14.3. The van der Waals surface area contributed by atoms with Crippen LogP contribution in [0.1, 0.15) is 28.9 Å². The van der Waals surface area contributed by atoms with Gasteiger partial charge in [-0.2, -0.15) is 13.2 Å². The van der Waals surface area contributed by atoms with Gasteiger partial charge in [-0.1, -0.05) is 35.0 Å². The maximum atomic E-state index is 14.3. The topological polar surface area (TPSA) is 72.6 Å². The standard InChI is InChI=1S/C21H16F5NO4/c1-11-2-5-13(6-3-11)18-14(20(31-27-18)21(24,25)26)10-30-19-15(22)8-12(9-16(19)23)4-7-17(28)29/h2-3,5-6,8-9H,4,7,10H2,1H3,(H,28,29). The number of carboxylic acids is 1. The quantitative estimate of drug-likeness (QED) is 0.487. The highest BCUT2D eigenvalue weighted by Gasteiger charge is 2.41. The Balaban J connectivity index is 1.91. The molecule has 0 amide bonds. The third-order valence-corrected chi connectivity index (χ3v) is 4.42. The van der Waals surface area contributed by atoms with Gasteiger partial charge in [0, 0.05) is 12.0 Å². The Labute approximate surface area is 173 Å². The molecule has 3 aromatic rings. The van der Waals surface area contributed by atoms with E-state index in [2.05, 4.69) is 9.68 Å². The number of ether oxygens (including phenoxy) is 1. The van der Waals surface area contributed by atoms with E-state index in [1.807, 2.05) is 0 Å². The van der Waals surface area contributed by atoms with Gasteiger partial charge < -0.3 is 14.4 Å². The number of alkyl halides is 3. The van der Waals surface area contributed by atoms with Crippen LogP contribution in [0.25, 0.3) is 11.3 Å². The Morgan fingerprint density at radius 2 is 1.74 bits per heavy atom. The molecule has 0 aliphatic heterocycles. The molecule has 0 saturated carbocycles. The lowest BCUT2D eigenvalue weighted by molar-refractivity contribution is -0.156. The molecule has 3 rings (SSSR count). The summed E-state index contributed by atoms with van der Waals surface area (Å²) in [4.78, 5) is 10.6. The zero-order chi connectivity index (χ0) is 22.8. The molecule has 10 heteroatoms. The van der Waals surface area contributed by atoms with E-state index < -0.39 is 47.5 Å². The summed E-state index contributed by atoms with van der Waals surface area (Å²) in [5, 5.41) is 12.1. The number of rotatable bonds is 7. The van der Waals surface area contributed by atoms with Crippen LogP contribution in [-0.2, 0) is 24.0 Å². The van der Waals surface area contributed by atoms with Crippen molar-refractivity contribution in [2.75, 3.05) is 0 Å². The highest BCUT2D eigenvalue weighted by molar-refractivity contribution is 5.67. The zero-order valence-electron chi connectivity index (χ0n) is 16.1. The Morgan fingerprint density at radius 3 is 2.29 bits per heavy atom. The molecule has 0 fully saturated rings. The number of hydrogen-bond acceptors (Lipinski definition) is 4. The van der Waals surface area contributed by atoms with Crippen molar-refractivity contribution in [3.8, 4) is 17.0 Å². The maximum Gasteiger partial charge on any atom is 0.452 e. The van der Waals surface area contributed by atoms with E-state index in [0.717, 1.165) is 17.7 Å². The number of aryl methyl sites for hydroxylation is 2. The Morgan fingerprint density at radius 1 is 1.13 bits per heavy atom. The minimum atomic E-state index is -4.90. The number of benzene rings is 2. The minimum Gasteiger partial charge on any atom is -0.483 e. The molecule has 31 heavy (non-hydrogen) atoms. The van der Waals surface area contributed by atoms with Gasteiger partial charge in [-0.25, -0.2) is 8.78 Å². The van der Waals surface area contributed by atoms with Crippen molar-refractivity contribution in [1.82, 2.24) is 5.16 Å². The molecule has 1 heterocycles. The van der Waals surface area contributed by atoms with Gasteiger partial charge in [-0.05, 0) is 31.0 Å². The molecule has 2 aromatic carbocycles. The Bertz CT molecular complexity index is 1070. The van der Waals surface area contributed by atoms with Gasteiger partial charge in [0.25, 0.3) is 0 Å². The largest absolute Gasteiger partial charge is 0.483 e. The lowest BCUT2D eigenvalue weighted by atomic mass is 10.0. The molecule has 0 aliphatic carbocycles. The van der Waals surface area contributed by atoms with Gasteiger partial charge in [0.2, 0.25) is 5.76 Å². The lowest BCUT2D eigenvalue weighted by Gasteiger charge is -2.12. The van der Waals surface area contributed by atoms with Crippen LogP contribution in [-0.4, -0.2) is 16.2 Å². The average molecular weight is 441 g/mol. The molecule has 0 saturated heterocycles. The molecule has 0 aliphatic rings. The van der Waals surface area contributed by atoms with E-state index in [0.29, 0.717) is 5.56 Å². The van der Waals surface area contributed by atoms with E-state index >= 15 is 0 Å².